The smallest absolute Gasteiger partial charge is 0.243 e. The number of nitrogens with one attached hydrogen (secondary N) is 1. The number of benzene rings is 1. The first kappa shape index (κ1) is 18.7. The Morgan fingerprint density at radius 3 is 2.36 bits per heavy atom. The zero-order chi connectivity index (χ0) is 18.6. The van der Waals surface area contributed by atoms with E-state index >= 15 is 0 Å². The zero-order valence-corrected chi connectivity index (χ0v) is 15.5. The Kier molecular flexibility index (Phi) is 5.96. The van der Waals surface area contributed by atoms with Gasteiger partial charge in [0.1, 0.15) is 5.76 Å². The number of amides is 2. The Hall–Kier alpha value is -2.63. The first-order valence-corrected chi connectivity index (χ1v) is 8.31. The Morgan fingerprint density at radius 1 is 1.16 bits per heavy atom. The lowest BCUT2D eigenvalue weighted by molar-refractivity contribution is -0.133. The second-order valence-corrected chi connectivity index (χ2v) is 6.37. The molecule has 0 aliphatic heterocycles. The molecule has 0 atom stereocenters. The quantitative estimate of drug-likeness (QED) is 0.875. The molecule has 1 N–H and O–H groups in total. The van der Waals surface area contributed by atoms with Crippen LogP contribution in [0.4, 0.5) is 5.69 Å². The topological polar surface area (TPSA) is 75.4 Å². The molecular weight excluding hydrogens is 318 g/mol. The van der Waals surface area contributed by atoms with Gasteiger partial charge in [-0.2, -0.15) is 0 Å². The summed E-state index contributed by atoms with van der Waals surface area (Å²) in [5.41, 5.74) is 4.58. The standard InChI is InChI=1S/C19H25N3O3/c1-12-7-6-8-13(2)19(12)20-17(23)11-22(5)18(24)10-9-16-14(3)21-25-15(16)4/h6-8H,9-11H2,1-5H3,(H,20,23). The molecule has 0 aliphatic carbocycles. The molecule has 1 aromatic heterocycles. The van der Waals surface area contributed by atoms with E-state index in [4.69, 9.17) is 4.52 Å². The second kappa shape index (κ2) is 7.96. The summed E-state index contributed by atoms with van der Waals surface area (Å²) in [6.45, 7) is 7.61. The highest BCUT2D eigenvalue weighted by atomic mass is 16.5. The fourth-order valence-corrected chi connectivity index (χ4v) is 2.78. The van der Waals surface area contributed by atoms with Crippen molar-refractivity contribution < 1.29 is 14.1 Å². The molecule has 134 valence electrons. The lowest BCUT2D eigenvalue weighted by atomic mass is 10.1. The predicted octanol–water partition coefficient (Wildman–Crippen LogP) is 2.94. The molecule has 2 rings (SSSR count). The van der Waals surface area contributed by atoms with Crippen molar-refractivity contribution in [3.05, 3.63) is 46.3 Å². The van der Waals surface area contributed by atoms with Gasteiger partial charge in [-0.3, -0.25) is 9.59 Å². The summed E-state index contributed by atoms with van der Waals surface area (Å²) in [7, 11) is 1.64. The van der Waals surface area contributed by atoms with Crippen LogP contribution in [0, 0.1) is 27.7 Å². The van der Waals surface area contributed by atoms with Gasteiger partial charge in [0, 0.05) is 24.7 Å². The van der Waals surface area contributed by atoms with Crippen molar-refractivity contribution in [2.75, 3.05) is 18.9 Å². The van der Waals surface area contributed by atoms with Crippen molar-refractivity contribution in [2.24, 2.45) is 0 Å². The number of carbonyl (C=O) groups excluding carboxylic acids is 2. The van der Waals surface area contributed by atoms with Crippen LogP contribution in [-0.4, -0.2) is 35.5 Å². The van der Waals surface area contributed by atoms with Crippen LogP contribution in [-0.2, 0) is 16.0 Å². The van der Waals surface area contributed by atoms with E-state index in [9.17, 15) is 9.59 Å². The van der Waals surface area contributed by atoms with Crippen LogP contribution in [0.5, 0.6) is 0 Å². The molecular formula is C19H25N3O3. The van der Waals surface area contributed by atoms with Gasteiger partial charge in [-0.1, -0.05) is 23.4 Å². The lowest BCUT2D eigenvalue weighted by Gasteiger charge is -2.18. The van der Waals surface area contributed by atoms with E-state index in [2.05, 4.69) is 10.5 Å². The van der Waals surface area contributed by atoms with E-state index in [1.54, 1.807) is 7.05 Å². The van der Waals surface area contributed by atoms with Crippen molar-refractivity contribution in [3.8, 4) is 0 Å². The van der Waals surface area contributed by atoms with Crippen LogP contribution in [0.15, 0.2) is 22.7 Å². The fraction of sp³-hybridized carbons (Fsp3) is 0.421. The molecule has 0 fully saturated rings. The molecule has 2 amide bonds. The van der Waals surface area contributed by atoms with Crippen molar-refractivity contribution in [1.82, 2.24) is 10.1 Å². The summed E-state index contributed by atoms with van der Waals surface area (Å²) in [5.74, 6) is 0.447. The summed E-state index contributed by atoms with van der Waals surface area (Å²) in [6, 6.07) is 5.84. The molecule has 0 spiro atoms. The van der Waals surface area contributed by atoms with Crippen molar-refractivity contribution in [3.63, 3.8) is 0 Å². The number of hydrogen-bond acceptors (Lipinski definition) is 4. The highest BCUT2D eigenvalue weighted by Crippen LogP contribution is 2.19. The van der Waals surface area contributed by atoms with Gasteiger partial charge in [-0.15, -0.1) is 0 Å². The van der Waals surface area contributed by atoms with Gasteiger partial charge < -0.3 is 14.7 Å². The summed E-state index contributed by atoms with van der Waals surface area (Å²) in [5, 5.41) is 6.78. The Balaban J connectivity index is 1.89. The maximum atomic E-state index is 12.3. The molecule has 25 heavy (non-hydrogen) atoms. The highest BCUT2D eigenvalue weighted by molar-refractivity contribution is 5.95. The van der Waals surface area contributed by atoms with Crippen LogP contribution < -0.4 is 5.32 Å². The van der Waals surface area contributed by atoms with Crippen LogP contribution in [0.3, 0.4) is 0 Å². The lowest BCUT2D eigenvalue weighted by Crippen LogP contribution is -2.35. The third kappa shape index (κ3) is 4.68. The molecule has 2 aromatic rings. The number of rotatable bonds is 6. The maximum absolute atomic E-state index is 12.3. The van der Waals surface area contributed by atoms with E-state index in [1.165, 1.54) is 4.90 Å². The minimum absolute atomic E-state index is 0.0220. The van der Waals surface area contributed by atoms with Crippen molar-refractivity contribution in [2.45, 2.75) is 40.5 Å². The SMILES string of the molecule is Cc1cccc(C)c1NC(=O)CN(C)C(=O)CCc1c(C)noc1C. The fourth-order valence-electron chi connectivity index (χ4n) is 2.78. The minimum Gasteiger partial charge on any atom is -0.361 e. The van der Waals surface area contributed by atoms with Gasteiger partial charge in [0.05, 0.1) is 12.2 Å². The van der Waals surface area contributed by atoms with Gasteiger partial charge in [-0.25, -0.2) is 0 Å². The molecule has 0 unspecified atom stereocenters. The van der Waals surface area contributed by atoms with Crippen LogP contribution in [0.25, 0.3) is 0 Å². The Labute approximate surface area is 148 Å². The van der Waals surface area contributed by atoms with E-state index < -0.39 is 0 Å². The Morgan fingerprint density at radius 2 is 1.80 bits per heavy atom. The average molecular weight is 343 g/mol. The van der Waals surface area contributed by atoms with Gasteiger partial charge in [-0.05, 0) is 45.2 Å². The Bertz CT molecular complexity index is 740. The normalized spacial score (nSPS) is 10.6. The zero-order valence-electron chi connectivity index (χ0n) is 15.5. The molecule has 6 heteroatoms. The summed E-state index contributed by atoms with van der Waals surface area (Å²) in [4.78, 5) is 26.0. The van der Waals surface area contributed by atoms with Crippen LogP contribution in [0.2, 0.25) is 0 Å². The summed E-state index contributed by atoms with van der Waals surface area (Å²) < 4.78 is 5.10. The van der Waals surface area contributed by atoms with Crippen molar-refractivity contribution in [1.29, 1.82) is 0 Å². The van der Waals surface area contributed by atoms with Gasteiger partial charge >= 0.3 is 0 Å². The molecule has 0 radical (unpaired) electrons. The van der Waals surface area contributed by atoms with Gasteiger partial charge in [0.25, 0.3) is 0 Å². The third-order valence-corrected chi connectivity index (χ3v) is 4.32. The summed E-state index contributed by atoms with van der Waals surface area (Å²) in [6.07, 6.45) is 0.874. The molecule has 0 bridgehead atoms. The average Bonchev–Trinajstić information content (AvgIpc) is 2.87. The second-order valence-electron chi connectivity index (χ2n) is 6.37. The summed E-state index contributed by atoms with van der Waals surface area (Å²) >= 11 is 0. The van der Waals surface area contributed by atoms with E-state index in [-0.39, 0.29) is 18.4 Å². The number of aryl methyl sites for hydroxylation is 4. The molecule has 0 aliphatic rings. The first-order chi connectivity index (χ1) is 11.8. The minimum atomic E-state index is -0.203. The molecule has 1 heterocycles. The number of likely N-dealkylation sites (N-methyl/N-ethyl adjacent to an activating group) is 1. The first-order valence-electron chi connectivity index (χ1n) is 8.31. The van der Waals surface area contributed by atoms with Crippen LogP contribution in [0.1, 0.15) is 34.6 Å². The van der Waals surface area contributed by atoms with E-state index in [1.807, 2.05) is 45.9 Å². The highest BCUT2D eigenvalue weighted by Gasteiger charge is 2.16. The third-order valence-electron chi connectivity index (χ3n) is 4.32. The largest absolute Gasteiger partial charge is 0.361 e. The monoisotopic (exact) mass is 343 g/mol. The number of hydrogen-bond donors (Lipinski definition) is 1. The number of nitrogens with zero attached hydrogens (tertiary/aromatic N) is 2. The number of anilines is 1. The van der Waals surface area contributed by atoms with Crippen LogP contribution >= 0.6 is 0 Å². The number of aromatic nitrogens is 1. The maximum Gasteiger partial charge on any atom is 0.243 e. The van der Waals surface area contributed by atoms with E-state index in [0.717, 1.165) is 33.8 Å². The van der Waals surface area contributed by atoms with Gasteiger partial charge in [0.2, 0.25) is 11.8 Å². The number of carbonyl (C=O) groups is 2. The van der Waals surface area contributed by atoms with Crippen molar-refractivity contribution >= 4 is 17.5 Å². The molecule has 1 aromatic carbocycles. The molecule has 0 saturated carbocycles. The van der Waals surface area contributed by atoms with Gasteiger partial charge in [0.15, 0.2) is 0 Å². The predicted molar refractivity (Wildman–Crippen MR) is 96.5 cm³/mol. The number of para-hydroxylation sites is 1. The molecule has 0 saturated heterocycles. The molecule has 6 nitrogen and oxygen atoms in total. The van der Waals surface area contributed by atoms with E-state index in [0.29, 0.717) is 12.8 Å².